The quantitative estimate of drug-likeness (QED) is 0.674. The largest absolute Gasteiger partial charge is 0.384 e. The number of hydrogen-bond acceptors (Lipinski definition) is 4. The highest BCUT2D eigenvalue weighted by atomic mass is 35.5. The Kier molecular flexibility index (Phi) is 4.88. The molecule has 2 N–H and O–H groups in total. The first-order valence-electron chi connectivity index (χ1n) is 7.26. The van der Waals surface area contributed by atoms with Gasteiger partial charge in [0.1, 0.15) is 11.4 Å². The van der Waals surface area contributed by atoms with Crippen molar-refractivity contribution in [3.05, 3.63) is 26.4 Å². The maximum atomic E-state index is 12.6. The van der Waals surface area contributed by atoms with Gasteiger partial charge in [-0.05, 0) is 19.8 Å². The van der Waals surface area contributed by atoms with Gasteiger partial charge in [-0.25, -0.2) is 4.79 Å². The van der Waals surface area contributed by atoms with E-state index < -0.39 is 17.0 Å². The highest BCUT2D eigenvalue weighted by molar-refractivity contribution is 6.31. The molecule has 1 heterocycles. The highest BCUT2D eigenvalue weighted by Gasteiger charge is 2.26. The van der Waals surface area contributed by atoms with Gasteiger partial charge < -0.3 is 5.73 Å². The minimum Gasteiger partial charge on any atom is -0.384 e. The summed E-state index contributed by atoms with van der Waals surface area (Å²) in [6.45, 7) is 2.06. The average Bonchev–Trinajstić information content (AvgIpc) is 2.48. The Morgan fingerprint density at radius 1 is 1.29 bits per heavy atom. The molecular formula is C14H20ClN3O3. The summed E-state index contributed by atoms with van der Waals surface area (Å²) in [6, 6.07) is -0.154. The van der Waals surface area contributed by atoms with Crippen LogP contribution in [0.4, 0.5) is 5.82 Å². The van der Waals surface area contributed by atoms with Gasteiger partial charge in [0.15, 0.2) is 5.78 Å². The average molecular weight is 314 g/mol. The third kappa shape index (κ3) is 2.77. The number of ketones is 1. The number of anilines is 1. The Balaban J connectivity index is 2.72. The molecule has 0 unspecified atom stereocenters. The zero-order valence-electron chi connectivity index (χ0n) is 12.1. The minimum atomic E-state index is -0.597. The molecule has 0 amide bonds. The maximum absolute atomic E-state index is 12.6. The van der Waals surface area contributed by atoms with E-state index in [4.69, 9.17) is 17.3 Å². The van der Waals surface area contributed by atoms with Crippen LogP contribution in [0.15, 0.2) is 9.59 Å². The summed E-state index contributed by atoms with van der Waals surface area (Å²) in [5.41, 5.74) is 4.66. The first kappa shape index (κ1) is 15.8. The molecule has 1 aliphatic carbocycles. The number of Topliss-reactive ketones (excluding diaryl/α,β-unsaturated/α-hetero) is 1. The lowest BCUT2D eigenvalue weighted by atomic mass is 9.95. The lowest BCUT2D eigenvalue weighted by molar-refractivity contribution is 0.101. The Morgan fingerprint density at radius 2 is 1.90 bits per heavy atom. The van der Waals surface area contributed by atoms with E-state index in [-0.39, 0.29) is 23.3 Å². The summed E-state index contributed by atoms with van der Waals surface area (Å²) in [5, 5.41) is 0. The van der Waals surface area contributed by atoms with Crippen molar-refractivity contribution in [2.24, 2.45) is 0 Å². The second-order valence-electron chi connectivity index (χ2n) is 5.31. The normalized spacial score (nSPS) is 16.1. The standard InChI is InChI=1S/C14H20ClN3O3/c1-2-17-12(16)11(10(19)8-15)13(20)18(14(17)21)9-6-4-3-5-7-9/h9H,2-8,16H2,1H3. The number of carbonyl (C=O) groups excluding carboxylic acids is 1. The van der Waals surface area contributed by atoms with Crippen molar-refractivity contribution in [3.8, 4) is 0 Å². The lowest BCUT2D eigenvalue weighted by Gasteiger charge is -2.25. The van der Waals surface area contributed by atoms with E-state index in [2.05, 4.69) is 0 Å². The van der Waals surface area contributed by atoms with Crippen LogP contribution in [0.25, 0.3) is 0 Å². The van der Waals surface area contributed by atoms with Gasteiger partial charge in [0.25, 0.3) is 5.56 Å². The summed E-state index contributed by atoms with van der Waals surface area (Å²) in [5.74, 6) is -0.942. The zero-order chi connectivity index (χ0) is 15.6. The van der Waals surface area contributed by atoms with Crippen LogP contribution in [0.2, 0.25) is 0 Å². The van der Waals surface area contributed by atoms with Crippen molar-refractivity contribution in [1.82, 2.24) is 9.13 Å². The van der Waals surface area contributed by atoms with Crippen LogP contribution < -0.4 is 17.0 Å². The van der Waals surface area contributed by atoms with Gasteiger partial charge in [-0.1, -0.05) is 19.3 Å². The van der Waals surface area contributed by atoms with Gasteiger partial charge in [-0.2, -0.15) is 0 Å². The lowest BCUT2D eigenvalue weighted by Crippen LogP contribution is -2.46. The molecule has 0 spiro atoms. The molecule has 0 aromatic carbocycles. The highest BCUT2D eigenvalue weighted by Crippen LogP contribution is 2.26. The second-order valence-corrected chi connectivity index (χ2v) is 5.58. The topological polar surface area (TPSA) is 87.1 Å². The summed E-state index contributed by atoms with van der Waals surface area (Å²) in [4.78, 5) is 37.0. The molecule has 2 rings (SSSR count). The SMILES string of the molecule is CCn1c(N)c(C(=O)CCl)c(=O)n(C2CCCCC2)c1=O. The fourth-order valence-corrected chi connectivity index (χ4v) is 3.11. The Bertz CT molecular complexity index is 657. The van der Waals surface area contributed by atoms with E-state index in [1.807, 2.05) is 0 Å². The van der Waals surface area contributed by atoms with Crippen molar-refractivity contribution in [3.63, 3.8) is 0 Å². The van der Waals surface area contributed by atoms with Gasteiger partial charge in [0.2, 0.25) is 0 Å². The van der Waals surface area contributed by atoms with Crippen molar-refractivity contribution in [1.29, 1.82) is 0 Å². The number of alkyl halides is 1. The number of halogens is 1. The van der Waals surface area contributed by atoms with Crippen LogP contribution in [0.1, 0.15) is 55.4 Å². The van der Waals surface area contributed by atoms with Crippen molar-refractivity contribution in [2.45, 2.75) is 51.6 Å². The zero-order valence-corrected chi connectivity index (χ0v) is 12.9. The van der Waals surface area contributed by atoms with E-state index in [1.54, 1.807) is 6.92 Å². The monoisotopic (exact) mass is 313 g/mol. The first-order valence-corrected chi connectivity index (χ1v) is 7.80. The molecule has 1 saturated carbocycles. The molecule has 7 heteroatoms. The number of rotatable bonds is 4. The Hall–Kier alpha value is -1.56. The molecule has 0 bridgehead atoms. The summed E-state index contributed by atoms with van der Waals surface area (Å²) in [6.07, 6.45) is 4.61. The molecule has 1 aliphatic rings. The van der Waals surface area contributed by atoms with Gasteiger partial charge >= 0.3 is 5.69 Å². The number of nitrogen functional groups attached to an aromatic ring is 1. The second kappa shape index (κ2) is 6.47. The summed E-state index contributed by atoms with van der Waals surface area (Å²) in [7, 11) is 0. The Labute approximate surface area is 127 Å². The Morgan fingerprint density at radius 3 is 2.43 bits per heavy atom. The number of hydrogen-bond donors (Lipinski definition) is 1. The predicted octanol–water partition coefficient (Wildman–Crippen LogP) is 1.54. The van der Waals surface area contributed by atoms with Crippen LogP contribution in [0.3, 0.4) is 0 Å². The van der Waals surface area contributed by atoms with Crippen molar-refractivity contribution < 1.29 is 4.79 Å². The molecule has 1 aromatic heterocycles. The van der Waals surface area contributed by atoms with E-state index in [0.29, 0.717) is 6.54 Å². The minimum absolute atomic E-state index is 0.0785. The van der Waals surface area contributed by atoms with Crippen molar-refractivity contribution in [2.75, 3.05) is 11.6 Å². The van der Waals surface area contributed by atoms with Crippen LogP contribution in [0, 0.1) is 0 Å². The van der Waals surface area contributed by atoms with Gasteiger partial charge in [-0.3, -0.25) is 18.7 Å². The van der Waals surface area contributed by atoms with Crippen LogP contribution in [0.5, 0.6) is 0 Å². The van der Waals surface area contributed by atoms with Gasteiger partial charge in [-0.15, -0.1) is 11.6 Å². The fourth-order valence-electron chi connectivity index (χ4n) is 2.98. The predicted molar refractivity (Wildman–Crippen MR) is 82.2 cm³/mol. The summed E-state index contributed by atoms with van der Waals surface area (Å²) < 4.78 is 2.48. The van der Waals surface area contributed by atoms with Crippen LogP contribution >= 0.6 is 11.6 Å². The smallest absolute Gasteiger partial charge is 0.332 e. The van der Waals surface area contributed by atoms with Gasteiger partial charge in [0, 0.05) is 12.6 Å². The molecule has 1 fully saturated rings. The third-order valence-corrected chi connectivity index (χ3v) is 4.32. The molecule has 1 aromatic rings. The van der Waals surface area contributed by atoms with E-state index >= 15 is 0 Å². The molecule has 21 heavy (non-hydrogen) atoms. The van der Waals surface area contributed by atoms with Crippen molar-refractivity contribution >= 4 is 23.2 Å². The van der Waals surface area contributed by atoms with E-state index in [1.165, 1.54) is 9.13 Å². The molecule has 0 aliphatic heterocycles. The molecule has 0 atom stereocenters. The first-order chi connectivity index (χ1) is 10.0. The molecule has 116 valence electrons. The number of nitrogens with two attached hydrogens (primary N) is 1. The van der Waals surface area contributed by atoms with E-state index in [9.17, 15) is 14.4 Å². The maximum Gasteiger partial charge on any atom is 0.332 e. The summed E-state index contributed by atoms with van der Waals surface area (Å²) >= 11 is 5.56. The fraction of sp³-hybridized carbons (Fsp3) is 0.643. The number of carbonyl (C=O) groups is 1. The molecular weight excluding hydrogens is 294 g/mol. The molecule has 0 saturated heterocycles. The molecule has 0 radical (unpaired) electrons. The molecule has 6 nitrogen and oxygen atoms in total. The van der Waals surface area contributed by atoms with E-state index in [0.717, 1.165) is 32.1 Å². The van der Waals surface area contributed by atoms with Gasteiger partial charge in [0.05, 0.1) is 5.88 Å². The van der Waals surface area contributed by atoms with Crippen LogP contribution in [-0.4, -0.2) is 20.8 Å². The number of aromatic nitrogens is 2. The van der Waals surface area contributed by atoms with Crippen LogP contribution in [-0.2, 0) is 6.54 Å². The third-order valence-electron chi connectivity index (χ3n) is 4.07. The number of nitrogens with zero attached hydrogens (tertiary/aromatic N) is 2.